The lowest BCUT2D eigenvalue weighted by Crippen LogP contribution is -2.13. The lowest BCUT2D eigenvalue weighted by atomic mass is 10.3. The van der Waals surface area contributed by atoms with E-state index in [2.05, 4.69) is 9.88 Å². The second-order valence-electron chi connectivity index (χ2n) is 5.12. The maximum Gasteiger partial charge on any atom is 0.295 e. The third kappa shape index (κ3) is 3.45. The van der Waals surface area contributed by atoms with Crippen molar-refractivity contribution < 1.29 is 26.8 Å². The predicted octanol–water partition coefficient (Wildman–Crippen LogP) is 3.06. The van der Waals surface area contributed by atoms with E-state index in [0.717, 1.165) is 0 Å². The van der Waals surface area contributed by atoms with Crippen LogP contribution >= 0.6 is 0 Å². The fourth-order valence-electron chi connectivity index (χ4n) is 2.17. The van der Waals surface area contributed by atoms with Crippen LogP contribution in [0.3, 0.4) is 0 Å². The standard InChI is InChI=1S/C16H16N2O6S/c1-10-8-15(24-17-10)14-6-7-16(23-14)25(19,20)18-12-9-11(21-2)4-5-13(12)22-3/h4-9,18H,1-3H3. The summed E-state index contributed by atoms with van der Waals surface area (Å²) < 4.78 is 48.3. The Kier molecular flexibility index (Phi) is 4.41. The molecule has 2 aromatic heterocycles. The number of anilines is 1. The highest BCUT2D eigenvalue weighted by atomic mass is 32.2. The van der Waals surface area contributed by atoms with Crippen LogP contribution in [0.5, 0.6) is 11.5 Å². The quantitative estimate of drug-likeness (QED) is 0.717. The average molecular weight is 364 g/mol. The summed E-state index contributed by atoms with van der Waals surface area (Å²) in [5, 5.41) is 3.48. The number of nitrogens with zero attached hydrogens (tertiary/aromatic N) is 1. The molecule has 2 heterocycles. The Labute approximate surface area is 144 Å². The van der Waals surface area contributed by atoms with Gasteiger partial charge in [0.2, 0.25) is 10.9 Å². The maximum absolute atomic E-state index is 12.6. The maximum atomic E-state index is 12.6. The Hall–Kier alpha value is -2.94. The minimum Gasteiger partial charge on any atom is -0.497 e. The van der Waals surface area contributed by atoms with Gasteiger partial charge in [-0.1, -0.05) is 5.16 Å². The van der Waals surface area contributed by atoms with E-state index < -0.39 is 10.0 Å². The molecule has 0 amide bonds. The Bertz CT molecular complexity index is 990. The molecular formula is C16H16N2O6S. The lowest BCUT2D eigenvalue weighted by molar-refractivity contribution is 0.398. The van der Waals surface area contributed by atoms with E-state index in [1.54, 1.807) is 25.1 Å². The van der Waals surface area contributed by atoms with Gasteiger partial charge in [0.05, 0.1) is 25.6 Å². The summed E-state index contributed by atoms with van der Waals surface area (Å²) in [6.45, 7) is 1.75. The molecule has 25 heavy (non-hydrogen) atoms. The molecule has 0 aliphatic carbocycles. The summed E-state index contributed by atoms with van der Waals surface area (Å²) in [4.78, 5) is 0. The Morgan fingerprint density at radius 3 is 2.48 bits per heavy atom. The van der Waals surface area contributed by atoms with Crippen LogP contribution in [0, 0.1) is 6.92 Å². The lowest BCUT2D eigenvalue weighted by Gasteiger charge is -2.11. The van der Waals surface area contributed by atoms with Gasteiger partial charge in [-0.25, -0.2) is 0 Å². The highest BCUT2D eigenvalue weighted by Crippen LogP contribution is 2.32. The normalized spacial score (nSPS) is 11.3. The summed E-state index contributed by atoms with van der Waals surface area (Å²) in [5.41, 5.74) is 0.894. The molecule has 0 saturated heterocycles. The molecular weight excluding hydrogens is 348 g/mol. The number of furan rings is 1. The van der Waals surface area contributed by atoms with Crippen LogP contribution in [0.25, 0.3) is 11.5 Å². The van der Waals surface area contributed by atoms with Gasteiger partial charge in [-0.2, -0.15) is 8.42 Å². The molecule has 132 valence electrons. The topological polar surface area (TPSA) is 104 Å². The highest BCUT2D eigenvalue weighted by molar-refractivity contribution is 7.92. The Morgan fingerprint density at radius 1 is 1.04 bits per heavy atom. The average Bonchev–Trinajstić information content (AvgIpc) is 3.23. The first-order valence-electron chi connectivity index (χ1n) is 7.21. The molecule has 1 aromatic carbocycles. The number of benzene rings is 1. The van der Waals surface area contributed by atoms with E-state index in [1.165, 1.54) is 32.4 Å². The number of ether oxygens (including phenoxy) is 2. The molecule has 0 saturated carbocycles. The van der Waals surface area contributed by atoms with Crippen LogP contribution in [-0.4, -0.2) is 27.8 Å². The number of hydrogen-bond acceptors (Lipinski definition) is 7. The van der Waals surface area contributed by atoms with E-state index in [0.29, 0.717) is 23.0 Å². The van der Waals surface area contributed by atoms with E-state index >= 15 is 0 Å². The summed E-state index contributed by atoms with van der Waals surface area (Å²) >= 11 is 0. The first kappa shape index (κ1) is 16.9. The number of sulfonamides is 1. The second kappa shape index (κ2) is 6.52. The fourth-order valence-corrected chi connectivity index (χ4v) is 3.16. The van der Waals surface area contributed by atoms with Crippen molar-refractivity contribution in [3.63, 3.8) is 0 Å². The number of rotatable bonds is 6. The molecule has 3 aromatic rings. The van der Waals surface area contributed by atoms with Crippen molar-refractivity contribution in [3.05, 3.63) is 42.1 Å². The second-order valence-corrected chi connectivity index (χ2v) is 6.74. The predicted molar refractivity (Wildman–Crippen MR) is 89.3 cm³/mol. The van der Waals surface area contributed by atoms with Crippen LogP contribution < -0.4 is 14.2 Å². The van der Waals surface area contributed by atoms with Crippen molar-refractivity contribution in [1.82, 2.24) is 5.16 Å². The zero-order valence-electron chi connectivity index (χ0n) is 13.8. The van der Waals surface area contributed by atoms with E-state index in [4.69, 9.17) is 18.4 Å². The van der Waals surface area contributed by atoms with E-state index in [9.17, 15) is 8.42 Å². The molecule has 0 bridgehead atoms. The molecule has 8 nitrogen and oxygen atoms in total. The summed E-state index contributed by atoms with van der Waals surface area (Å²) in [7, 11) is -1.04. The third-order valence-electron chi connectivity index (χ3n) is 3.37. The van der Waals surface area contributed by atoms with Crippen LogP contribution in [0.2, 0.25) is 0 Å². The molecule has 0 fully saturated rings. The summed E-state index contributed by atoms with van der Waals surface area (Å²) in [6.07, 6.45) is 0. The summed E-state index contributed by atoms with van der Waals surface area (Å²) in [5.74, 6) is 1.44. The van der Waals surface area contributed by atoms with Crippen molar-refractivity contribution in [2.75, 3.05) is 18.9 Å². The minimum absolute atomic E-state index is 0.232. The van der Waals surface area contributed by atoms with Crippen molar-refractivity contribution >= 4 is 15.7 Å². The number of aromatic nitrogens is 1. The van der Waals surface area contributed by atoms with Gasteiger partial charge in [0.1, 0.15) is 11.5 Å². The zero-order chi connectivity index (χ0) is 18.0. The van der Waals surface area contributed by atoms with Crippen LogP contribution in [-0.2, 0) is 10.0 Å². The summed E-state index contributed by atoms with van der Waals surface area (Å²) in [6, 6.07) is 9.25. The number of hydrogen-bond donors (Lipinski definition) is 1. The van der Waals surface area contributed by atoms with Crippen LogP contribution in [0.1, 0.15) is 5.69 Å². The van der Waals surface area contributed by atoms with Gasteiger partial charge in [-0.05, 0) is 31.2 Å². The largest absolute Gasteiger partial charge is 0.497 e. The zero-order valence-corrected chi connectivity index (χ0v) is 14.6. The molecule has 0 radical (unpaired) electrons. The van der Waals surface area contributed by atoms with E-state index in [1.807, 2.05) is 0 Å². The Morgan fingerprint density at radius 2 is 1.84 bits per heavy atom. The molecule has 1 N–H and O–H groups in total. The van der Waals surface area contributed by atoms with Gasteiger partial charge >= 0.3 is 0 Å². The Balaban J connectivity index is 1.91. The fraction of sp³-hybridized carbons (Fsp3) is 0.188. The van der Waals surface area contributed by atoms with Gasteiger partial charge in [-0.3, -0.25) is 4.72 Å². The SMILES string of the molecule is COc1ccc(OC)c(NS(=O)(=O)c2ccc(-c3cc(C)no3)o2)c1. The van der Waals surface area contributed by atoms with Crippen molar-refractivity contribution in [3.8, 4) is 23.0 Å². The molecule has 0 spiro atoms. The first-order chi connectivity index (χ1) is 11.9. The molecule has 0 atom stereocenters. The number of nitrogens with one attached hydrogen (secondary N) is 1. The van der Waals surface area contributed by atoms with Crippen molar-refractivity contribution in [2.24, 2.45) is 0 Å². The van der Waals surface area contributed by atoms with Gasteiger partial charge < -0.3 is 18.4 Å². The van der Waals surface area contributed by atoms with Crippen molar-refractivity contribution in [1.29, 1.82) is 0 Å². The first-order valence-corrected chi connectivity index (χ1v) is 8.69. The highest BCUT2D eigenvalue weighted by Gasteiger charge is 2.22. The third-order valence-corrected chi connectivity index (χ3v) is 4.61. The van der Waals surface area contributed by atoms with E-state index in [-0.39, 0.29) is 16.5 Å². The van der Waals surface area contributed by atoms with Crippen LogP contribution in [0.4, 0.5) is 5.69 Å². The molecule has 0 aliphatic rings. The molecule has 0 unspecified atom stereocenters. The van der Waals surface area contributed by atoms with Gasteiger partial charge in [-0.15, -0.1) is 0 Å². The monoisotopic (exact) mass is 364 g/mol. The molecule has 3 rings (SSSR count). The molecule has 0 aliphatic heterocycles. The van der Waals surface area contributed by atoms with Crippen molar-refractivity contribution in [2.45, 2.75) is 12.0 Å². The van der Waals surface area contributed by atoms with Crippen LogP contribution in [0.15, 0.2) is 50.4 Å². The number of methoxy groups -OCH3 is 2. The van der Waals surface area contributed by atoms with Gasteiger partial charge in [0.25, 0.3) is 10.0 Å². The van der Waals surface area contributed by atoms with Gasteiger partial charge in [0, 0.05) is 12.1 Å². The van der Waals surface area contributed by atoms with Gasteiger partial charge in [0.15, 0.2) is 5.76 Å². The molecule has 9 heteroatoms. The smallest absolute Gasteiger partial charge is 0.295 e. The minimum atomic E-state index is -3.97. The number of aryl methyl sites for hydroxylation is 1.